The lowest BCUT2D eigenvalue weighted by Crippen LogP contribution is -2.32. The highest BCUT2D eigenvalue weighted by molar-refractivity contribution is 6.00. The van der Waals surface area contributed by atoms with Crippen LogP contribution in [0.4, 0.5) is 0 Å². The summed E-state index contributed by atoms with van der Waals surface area (Å²) in [5.41, 5.74) is 5.29. The molecule has 5 nitrogen and oxygen atoms in total. The molecule has 0 fully saturated rings. The largest absolute Gasteiger partial charge is 0.450 e. The molecule has 0 aliphatic heterocycles. The van der Waals surface area contributed by atoms with E-state index in [1.807, 2.05) is 58.9 Å². The molecule has 1 aromatic heterocycles. The Labute approximate surface area is 171 Å². The summed E-state index contributed by atoms with van der Waals surface area (Å²) < 4.78 is 5.90. The van der Waals surface area contributed by atoms with Gasteiger partial charge in [0.25, 0.3) is 11.8 Å². The molecule has 0 bridgehead atoms. The summed E-state index contributed by atoms with van der Waals surface area (Å²) in [6.07, 6.45) is 0. The van der Waals surface area contributed by atoms with Crippen molar-refractivity contribution in [3.05, 3.63) is 70.0 Å². The minimum absolute atomic E-state index is 0.0146. The lowest BCUT2D eigenvalue weighted by Gasteiger charge is -2.21. The van der Waals surface area contributed by atoms with Gasteiger partial charge in [0.1, 0.15) is 5.58 Å². The molecule has 2 amide bonds. The predicted octanol–water partition coefficient (Wildman–Crippen LogP) is 4.77. The molecule has 0 aliphatic carbocycles. The Balaban J connectivity index is 1.72. The third-order valence-corrected chi connectivity index (χ3v) is 5.44. The van der Waals surface area contributed by atoms with E-state index < -0.39 is 0 Å². The Morgan fingerprint density at radius 2 is 1.62 bits per heavy atom. The maximum absolute atomic E-state index is 12.7. The molecule has 0 spiro atoms. The number of nitrogens with zero attached hydrogens (tertiary/aromatic N) is 1. The molecule has 2 aromatic carbocycles. The topological polar surface area (TPSA) is 62.6 Å². The predicted molar refractivity (Wildman–Crippen MR) is 115 cm³/mol. The van der Waals surface area contributed by atoms with E-state index in [4.69, 9.17) is 4.42 Å². The van der Waals surface area contributed by atoms with Crippen LogP contribution in [0.3, 0.4) is 0 Å². The number of benzene rings is 2. The fourth-order valence-electron chi connectivity index (χ4n) is 3.36. The van der Waals surface area contributed by atoms with E-state index in [1.54, 1.807) is 24.1 Å². The first-order valence-electron chi connectivity index (χ1n) is 9.84. The summed E-state index contributed by atoms with van der Waals surface area (Å²) in [5.74, 6) is 0.0965. The lowest BCUT2D eigenvalue weighted by atomic mass is 10.0. The first-order valence-corrected chi connectivity index (χ1v) is 9.84. The van der Waals surface area contributed by atoms with E-state index in [2.05, 4.69) is 5.32 Å². The van der Waals surface area contributed by atoms with Crippen LogP contribution >= 0.6 is 0 Å². The van der Waals surface area contributed by atoms with Crippen molar-refractivity contribution in [2.45, 2.75) is 47.2 Å². The third-order valence-electron chi connectivity index (χ3n) is 5.44. The van der Waals surface area contributed by atoms with Gasteiger partial charge in [0.2, 0.25) is 0 Å². The summed E-state index contributed by atoms with van der Waals surface area (Å²) in [7, 11) is 1.79. The summed E-state index contributed by atoms with van der Waals surface area (Å²) >= 11 is 0. The fraction of sp³-hybridized carbons (Fsp3) is 0.333. The smallest absolute Gasteiger partial charge is 0.287 e. The maximum Gasteiger partial charge on any atom is 0.287 e. The molecule has 3 aromatic rings. The molecule has 152 valence electrons. The van der Waals surface area contributed by atoms with Gasteiger partial charge in [0, 0.05) is 36.1 Å². The minimum atomic E-state index is -0.239. The van der Waals surface area contributed by atoms with Crippen molar-refractivity contribution in [3.63, 3.8) is 0 Å². The standard InChI is InChI=1S/C24H28N2O3/c1-14(2)26(6)24(28)19-11-9-18(10-12-19)13-25-23(27)22-17(5)20-15(3)7-8-16(4)21(20)29-22/h7-12,14H,13H2,1-6H3,(H,25,27). The number of hydrogen-bond donors (Lipinski definition) is 1. The zero-order chi connectivity index (χ0) is 21.3. The van der Waals surface area contributed by atoms with Gasteiger partial charge in [0.05, 0.1) is 0 Å². The van der Waals surface area contributed by atoms with Crippen LogP contribution in [0.25, 0.3) is 11.0 Å². The third kappa shape index (κ3) is 4.04. The van der Waals surface area contributed by atoms with Gasteiger partial charge in [-0.3, -0.25) is 9.59 Å². The van der Waals surface area contributed by atoms with Crippen molar-refractivity contribution in [1.29, 1.82) is 0 Å². The Morgan fingerprint density at radius 1 is 1.00 bits per heavy atom. The molecule has 0 unspecified atom stereocenters. The van der Waals surface area contributed by atoms with E-state index in [9.17, 15) is 9.59 Å². The number of furan rings is 1. The van der Waals surface area contributed by atoms with E-state index in [-0.39, 0.29) is 17.9 Å². The number of amides is 2. The average molecular weight is 392 g/mol. The van der Waals surface area contributed by atoms with Crippen LogP contribution in [-0.2, 0) is 6.54 Å². The molecule has 1 heterocycles. The summed E-state index contributed by atoms with van der Waals surface area (Å²) in [6, 6.07) is 11.5. The van der Waals surface area contributed by atoms with Crippen molar-refractivity contribution in [3.8, 4) is 0 Å². The van der Waals surface area contributed by atoms with Gasteiger partial charge in [0.15, 0.2) is 5.76 Å². The molecule has 0 radical (unpaired) electrons. The summed E-state index contributed by atoms with van der Waals surface area (Å²) in [6.45, 7) is 10.2. The molecule has 5 heteroatoms. The SMILES string of the molecule is Cc1ccc(C)c2c(C)c(C(=O)NCc3ccc(C(=O)N(C)C(C)C)cc3)oc12. The van der Waals surface area contributed by atoms with Crippen LogP contribution in [0.2, 0.25) is 0 Å². The number of nitrogens with one attached hydrogen (secondary N) is 1. The van der Waals surface area contributed by atoms with Gasteiger partial charge in [-0.05, 0) is 63.4 Å². The lowest BCUT2D eigenvalue weighted by molar-refractivity contribution is 0.0754. The second-order valence-corrected chi connectivity index (χ2v) is 7.85. The molecule has 3 rings (SSSR count). The van der Waals surface area contributed by atoms with Crippen molar-refractivity contribution < 1.29 is 14.0 Å². The van der Waals surface area contributed by atoms with Crippen LogP contribution < -0.4 is 5.32 Å². The quantitative estimate of drug-likeness (QED) is 0.680. The first-order chi connectivity index (χ1) is 13.7. The normalized spacial score (nSPS) is 11.1. The van der Waals surface area contributed by atoms with Crippen LogP contribution in [-0.4, -0.2) is 29.8 Å². The van der Waals surface area contributed by atoms with Crippen LogP contribution in [0, 0.1) is 20.8 Å². The van der Waals surface area contributed by atoms with E-state index in [0.717, 1.165) is 33.2 Å². The summed E-state index contributed by atoms with van der Waals surface area (Å²) in [5, 5.41) is 3.92. The van der Waals surface area contributed by atoms with Crippen LogP contribution in [0.5, 0.6) is 0 Å². The zero-order valence-electron chi connectivity index (χ0n) is 17.9. The highest BCUT2D eigenvalue weighted by Gasteiger charge is 2.20. The molecule has 29 heavy (non-hydrogen) atoms. The Morgan fingerprint density at radius 3 is 2.21 bits per heavy atom. The van der Waals surface area contributed by atoms with Crippen LogP contribution in [0.15, 0.2) is 40.8 Å². The number of aryl methyl sites for hydroxylation is 3. The fourth-order valence-corrected chi connectivity index (χ4v) is 3.36. The number of rotatable bonds is 5. The maximum atomic E-state index is 12.7. The minimum Gasteiger partial charge on any atom is -0.450 e. The molecule has 0 saturated heterocycles. The first kappa shape index (κ1) is 20.6. The molecule has 0 aliphatic rings. The van der Waals surface area contributed by atoms with E-state index in [1.165, 1.54) is 0 Å². The van der Waals surface area contributed by atoms with E-state index in [0.29, 0.717) is 17.9 Å². The van der Waals surface area contributed by atoms with Crippen molar-refractivity contribution >= 4 is 22.8 Å². The molecule has 1 N–H and O–H groups in total. The highest BCUT2D eigenvalue weighted by atomic mass is 16.3. The van der Waals surface area contributed by atoms with Gasteiger partial charge >= 0.3 is 0 Å². The van der Waals surface area contributed by atoms with Crippen LogP contribution in [0.1, 0.15) is 57.0 Å². The molecule has 0 atom stereocenters. The van der Waals surface area contributed by atoms with Gasteiger partial charge in [-0.15, -0.1) is 0 Å². The van der Waals surface area contributed by atoms with Gasteiger partial charge in [-0.25, -0.2) is 0 Å². The number of carbonyl (C=O) groups is 2. The van der Waals surface area contributed by atoms with Gasteiger partial charge in [-0.2, -0.15) is 0 Å². The van der Waals surface area contributed by atoms with Gasteiger partial charge in [-0.1, -0.05) is 24.3 Å². The number of carbonyl (C=O) groups excluding carboxylic acids is 2. The Hall–Kier alpha value is -3.08. The summed E-state index contributed by atoms with van der Waals surface area (Å²) in [4.78, 5) is 26.8. The molecular weight excluding hydrogens is 364 g/mol. The second kappa shape index (κ2) is 8.11. The van der Waals surface area contributed by atoms with Crippen molar-refractivity contribution in [2.75, 3.05) is 7.05 Å². The molecule has 0 saturated carbocycles. The van der Waals surface area contributed by atoms with Crippen molar-refractivity contribution in [1.82, 2.24) is 10.2 Å². The average Bonchev–Trinajstić information content (AvgIpc) is 3.06. The monoisotopic (exact) mass is 392 g/mol. The Bertz CT molecular complexity index is 1060. The van der Waals surface area contributed by atoms with Crippen molar-refractivity contribution in [2.24, 2.45) is 0 Å². The second-order valence-electron chi connectivity index (χ2n) is 7.85. The number of fused-ring (bicyclic) bond motifs is 1. The van der Waals surface area contributed by atoms with Gasteiger partial charge < -0.3 is 14.6 Å². The zero-order valence-corrected chi connectivity index (χ0v) is 17.9. The molecular formula is C24H28N2O3. The number of hydrogen-bond acceptors (Lipinski definition) is 3. The Kier molecular flexibility index (Phi) is 5.78. The highest BCUT2D eigenvalue weighted by Crippen LogP contribution is 2.30. The van der Waals surface area contributed by atoms with E-state index >= 15 is 0 Å².